The van der Waals surface area contributed by atoms with Gasteiger partial charge in [-0.05, 0) is 25.0 Å². The average Bonchev–Trinajstić information content (AvgIpc) is 2.45. The minimum Gasteiger partial charge on any atom is -0.395 e. The largest absolute Gasteiger partial charge is 0.395 e. The van der Waals surface area contributed by atoms with Crippen LogP contribution in [0.4, 0.5) is 5.82 Å². The number of pyridine rings is 1. The maximum Gasteiger partial charge on any atom is 0.211 e. The van der Waals surface area contributed by atoms with Gasteiger partial charge in [0.1, 0.15) is 5.82 Å². The summed E-state index contributed by atoms with van der Waals surface area (Å²) in [6.45, 7) is 1.60. The van der Waals surface area contributed by atoms with E-state index in [2.05, 4.69) is 10.3 Å². The third-order valence-electron chi connectivity index (χ3n) is 3.46. The molecule has 2 rings (SSSR count). The van der Waals surface area contributed by atoms with E-state index in [1.165, 1.54) is 10.6 Å². The Morgan fingerprint density at radius 1 is 1.50 bits per heavy atom. The minimum absolute atomic E-state index is 0.0528. The highest BCUT2D eigenvalue weighted by molar-refractivity contribution is 7.88. The van der Waals surface area contributed by atoms with E-state index in [1.54, 1.807) is 0 Å². The number of piperidine rings is 1. The van der Waals surface area contributed by atoms with Crippen molar-refractivity contribution in [2.75, 3.05) is 37.8 Å². The highest BCUT2D eigenvalue weighted by Gasteiger charge is 2.27. The lowest BCUT2D eigenvalue weighted by Gasteiger charge is -2.30. The summed E-state index contributed by atoms with van der Waals surface area (Å²) in [7, 11) is -3.13. The van der Waals surface area contributed by atoms with Crippen molar-refractivity contribution in [3.8, 4) is 0 Å². The molecule has 7 heteroatoms. The fourth-order valence-corrected chi connectivity index (χ4v) is 3.36. The second-order valence-corrected chi connectivity index (χ2v) is 7.04. The zero-order valence-corrected chi connectivity index (χ0v) is 12.4. The van der Waals surface area contributed by atoms with Crippen LogP contribution in [0, 0.1) is 0 Å². The molecule has 1 aromatic heterocycles. The van der Waals surface area contributed by atoms with Crippen molar-refractivity contribution in [2.45, 2.75) is 18.8 Å². The molecule has 20 heavy (non-hydrogen) atoms. The summed E-state index contributed by atoms with van der Waals surface area (Å²) in [5.41, 5.74) is 0.904. The van der Waals surface area contributed by atoms with Crippen LogP contribution in [0.1, 0.15) is 24.5 Å². The van der Waals surface area contributed by atoms with Gasteiger partial charge in [-0.1, -0.05) is 6.07 Å². The standard InChI is InChI=1S/C13H21N3O3S/c1-20(18,19)16-8-3-4-11(10-16)12-5-2-6-13(15-12)14-7-9-17/h2,5-6,11,17H,3-4,7-10H2,1H3,(H,14,15)/t11-/m1/s1. The van der Waals surface area contributed by atoms with Gasteiger partial charge in [-0.15, -0.1) is 0 Å². The van der Waals surface area contributed by atoms with Crippen molar-refractivity contribution in [1.29, 1.82) is 0 Å². The summed E-state index contributed by atoms with van der Waals surface area (Å²) in [6, 6.07) is 5.68. The van der Waals surface area contributed by atoms with Crippen molar-refractivity contribution >= 4 is 15.8 Å². The molecule has 0 aromatic carbocycles. The molecule has 0 radical (unpaired) electrons. The normalized spacial score (nSPS) is 20.8. The van der Waals surface area contributed by atoms with E-state index in [0.29, 0.717) is 25.5 Å². The molecule has 1 aromatic rings. The van der Waals surface area contributed by atoms with Gasteiger partial charge in [0.15, 0.2) is 0 Å². The molecule has 0 bridgehead atoms. The molecule has 2 N–H and O–H groups in total. The Morgan fingerprint density at radius 3 is 3.00 bits per heavy atom. The lowest BCUT2D eigenvalue weighted by molar-refractivity contribution is 0.310. The Hall–Kier alpha value is -1.18. The Morgan fingerprint density at radius 2 is 2.30 bits per heavy atom. The van der Waals surface area contributed by atoms with E-state index in [1.807, 2.05) is 18.2 Å². The van der Waals surface area contributed by atoms with Crippen LogP contribution in [0.3, 0.4) is 0 Å². The number of nitrogens with one attached hydrogen (secondary N) is 1. The first-order valence-electron chi connectivity index (χ1n) is 6.77. The number of aliphatic hydroxyl groups is 1. The molecule has 1 fully saturated rings. The Balaban J connectivity index is 2.10. The average molecular weight is 299 g/mol. The summed E-state index contributed by atoms with van der Waals surface area (Å²) in [6.07, 6.45) is 3.05. The molecular weight excluding hydrogens is 278 g/mol. The maximum absolute atomic E-state index is 11.6. The van der Waals surface area contributed by atoms with Crippen LogP contribution in [0.15, 0.2) is 18.2 Å². The third-order valence-corrected chi connectivity index (χ3v) is 4.73. The summed E-state index contributed by atoms with van der Waals surface area (Å²) < 4.78 is 24.8. The summed E-state index contributed by atoms with van der Waals surface area (Å²) in [5.74, 6) is 0.849. The van der Waals surface area contributed by atoms with Crippen molar-refractivity contribution in [3.63, 3.8) is 0 Å². The Labute approximate surface area is 119 Å². The summed E-state index contributed by atoms with van der Waals surface area (Å²) >= 11 is 0. The second-order valence-electron chi connectivity index (χ2n) is 5.06. The second kappa shape index (κ2) is 6.51. The number of hydrogen-bond donors (Lipinski definition) is 2. The number of aromatic nitrogens is 1. The first-order chi connectivity index (χ1) is 9.50. The first-order valence-corrected chi connectivity index (χ1v) is 8.62. The lowest BCUT2D eigenvalue weighted by atomic mass is 9.96. The molecule has 112 valence electrons. The zero-order valence-electron chi connectivity index (χ0n) is 11.6. The van der Waals surface area contributed by atoms with Gasteiger partial charge >= 0.3 is 0 Å². The fraction of sp³-hybridized carbons (Fsp3) is 0.615. The predicted octanol–water partition coefficient (Wildman–Crippen LogP) is 0.625. The van der Waals surface area contributed by atoms with Crippen LogP contribution in [-0.4, -0.2) is 55.3 Å². The van der Waals surface area contributed by atoms with Gasteiger partial charge in [-0.25, -0.2) is 17.7 Å². The van der Waals surface area contributed by atoms with Gasteiger partial charge in [-0.3, -0.25) is 0 Å². The molecule has 0 aliphatic carbocycles. The van der Waals surface area contributed by atoms with E-state index in [9.17, 15) is 8.42 Å². The highest BCUT2D eigenvalue weighted by Crippen LogP contribution is 2.27. The van der Waals surface area contributed by atoms with Crippen molar-refractivity contribution < 1.29 is 13.5 Å². The number of sulfonamides is 1. The molecule has 2 heterocycles. The third kappa shape index (κ3) is 3.91. The number of anilines is 1. The van der Waals surface area contributed by atoms with E-state index in [4.69, 9.17) is 5.11 Å². The van der Waals surface area contributed by atoms with Gasteiger partial charge in [0.05, 0.1) is 12.9 Å². The van der Waals surface area contributed by atoms with Crippen molar-refractivity contribution in [3.05, 3.63) is 23.9 Å². The Bertz CT molecular complexity index is 548. The first kappa shape index (κ1) is 15.2. The Kier molecular flexibility index (Phi) is 4.95. The quantitative estimate of drug-likeness (QED) is 0.833. The van der Waals surface area contributed by atoms with E-state index < -0.39 is 10.0 Å². The van der Waals surface area contributed by atoms with Gasteiger partial charge in [-0.2, -0.15) is 0 Å². The maximum atomic E-state index is 11.6. The SMILES string of the molecule is CS(=O)(=O)N1CCC[C@@H](c2cccc(NCCO)n2)C1. The molecule has 0 unspecified atom stereocenters. The fourth-order valence-electron chi connectivity index (χ4n) is 2.45. The number of nitrogens with zero attached hydrogens (tertiary/aromatic N) is 2. The molecular formula is C13H21N3O3S. The number of rotatable bonds is 5. The molecule has 0 saturated carbocycles. The molecule has 0 amide bonds. The van der Waals surface area contributed by atoms with Crippen molar-refractivity contribution in [2.24, 2.45) is 0 Å². The number of aliphatic hydroxyl groups excluding tert-OH is 1. The minimum atomic E-state index is -3.13. The van der Waals surface area contributed by atoms with Gasteiger partial charge < -0.3 is 10.4 Å². The van der Waals surface area contributed by atoms with E-state index >= 15 is 0 Å². The van der Waals surface area contributed by atoms with Crippen LogP contribution < -0.4 is 5.32 Å². The smallest absolute Gasteiger partial charge is 0.211 e. The molecule has 0 spiro atoms. The molecule has 1 atom stereocenters. The van der Waals surface area contributed by atoms with E-state index in [-0.39, 0.29) is 12.5 Å². The molecule has 1 aliphatic rings. The molecule has 1 aliphatic heterocycles. The topological polar surface area (TPSA) is 82.5 Å². The predicted molar refractivity (Wildman–Crippen MR) is 78.2 cm³/mol. The molecule has 6 nitrogen and oxygen atoms in total. The summed E-state index contributed by atoms with van der Waals surface area (Å²) in [5, 5.41) is 11.8. The van der Waals surface area contributed by atoms with Crippen LogP contribution in [0.2, 0.25) is 0 Å². The van der Waals surface area contributed by atoms with Gasteiger partial charge in [0, 0.05) is 31.2 Å². The monoisotopic (exact) mass is 299 g/mol. The van der Waals surface area contributed by atoms with Crippen LogP contribution in [0.25, 0.3) is 0 Å². The van der Waals surface area contributed by atoms with Gasteiger partial charge in [0.25, 0.3) is 0 Å². The van der Waals surface area contributed by atoms with Crippen LogP contribution in [-0.2, 0) is 10.0 Å². The molecule has 1 saturated heterocycles. The zero-order chi connectivity index (χ0) is 14.6. The highest BCUT2D eigenvalue weighted by atomic mass is 32.2. The van der Waals surface area contributed by atoms with Gasteiger partial charge in [0.2, 0.25) is 10.0 Å². The lowest BCUT2D eigenvalue weighted by Crippen LogP contribution is -2.38. The van der Waals surface area contributed by atoms with E-state index in [0.717, 1.165) is 18.5 Å². The summed E-state index contributed by atoms with van der Waals surface area (Å²) in [4.78, 5) is 4.51. The number of hydrogen-bond acceptors (Lipinski definition) is 5. The van der Waals surface area contributed by atoms with Crippen LogP contribution in [0.5, 0.6) is 0 Å². The van der Waals surface area contributed by atoms with Crippen LogP contribution >= 0.6 is 0 Å². The van der Waals surface area contributed by atoms with Crippen molar-refractivity contribution in [1.82, 2.24) is 9.29 Å².